The van der Waals surface area contributed by atoms with Crippen LogP contribution >= 0.6 is 24.8 Å². The van der Waals surface area contributed by atoms with Crippen LogP contribution in [0.2, 0.25) is 0 Å². The zero-order chi connectivity index (χ0) is 19.7. The third-order valence-electron chi connectivity index (χ3n) is 6.40. The van der Waals surface area contributed by atoms with Crippen LogP contribution in [0.25, 0.3) is 11.0 Å². The Morgan fingerprint density at radius 3 is 2.60 bits per heavy atom. The molecule has 0 radical (unpaired) electrons. The number of hydrogen-bond acceptors (Lipinski definition) is 4. The zero-order valence-corrected chi connectivity index (χ0v) is 19.7. The van der Waals surface area contributed by atoms with Crippen molar-refractivity contribution in [3.63, 3.8) is 0 Å². The molecule has 2 aliphatic heterocycles. The standard InChI is InChI=1S/C22H32N4O2.2ClH/c1-16(2)26-19-9-5-4-8-18(19)24-20(26)17-7-6-14-25(15-17)21(27)22(28-3)10-12-23-13-11-22;;/h4-5,8-9,16-17,23H,6-7,10-15H2,1-3H3;2*1H. The maximum Gasteiger partial charge on any atom is 0.254 e. The van der Waals surface area contributed by atoms with Crippen LogP contribution in [0.3, 0.4) is 0 Å². The molecule has 1 aromatic carbocycles. The van der Waals surface area contributed by atoms with Gasteiger partial charge in [0, 0.05) is 32.2 Å². The molecule has 30 heavy (non-hydrogen) atoms. The van der Waals surface area contributed by atoms with Gasteiger partial charge in [-0.05, 0) is 64.8 Å². The van der Waals surface area contributed by atoms with Crippen LogP contribution in [0.4, 0.5) is 0 Å². The molecule has 2 aliphatic rings. The quantitative estimate of drug-likeness (QED) is 0.756. The number of carbonyl (C=O) groups excluding carboxylic acids is 1. The van der Waals surface area contributed by atoms with Gasteiger partial charge >= 0.3 is 0 Å². The van der Waals surface area contributed by atoms with Gasteiger partial charge in [0.05, 0.1) is 11.0 Å². The predicted molar refractivity (Wildman–Crippen MR) is 125 cm³/mol. The number of nitrogens with one attached hydrogen (secondary N) is 1. The van der Waals surface area contributed by atoms with Gasteiger partial charge in [-0.3, -0.25) is 4.79 Å². The largest absolute Gasteiger partial charge is 0.368 e. The van der Waals surface area contributed by atoms with Crippen LogP contribution in [0.1, 0.15) is 57.3 Å². The Balaban J connectivity index is 0.00000160. The molecule has 0 aliphatic carbocycles. The minimum atomic E-state index is -0.661. The lowest BCUT2D eigenvalue weighted by atomic mass is 9.88. The van der Waals surface area contributed by atoms with Crippen molar-refractivity contribution in [2.75, 3.05) is 33.3 Å². The Kier molecular flexibility index (Phi) is 8.57. The first-order valence-corrected chi connectivity index (χ1v) is 10.6. The number of likely N-dealkylation sites (tertiary alicyclic amines) is 1. The molecular formula is C22H34Cl2N4O2. The molecule has 8 heteroatoms. The van der Waals surface area contributed by atoms with E-state index in [1.165, 1.54) is 5.52 Å². The summed E-state index contributed by atoms with van der Waals surface area (Å²) in [6, 6.07) is 8.68. The molecule has 3 heterocycles. The van der Waals surface area contributed by atoms with Gasteiger partial charge in [-0.25, -0.2) is 4.98 Å². The van der Waals surface area contributed by atoms with Gasteiger partial charge in [-0.2, -0.15) is 0 Å². The highest BCUT2D eigenvalue weighted by atomic mass is 35.5. The van der Waals surface area contributed by atoms with Gasteiger partial charge in [0.25, 0.3) is 5.91 Å². The number of methoxy groups -OCH3 is 1. The van der Waals surface area contributed by atoms with Crippen molar-refractivity contribution in [2.24, 2.45) is 0 Å². The molecule has 0 bridgehead atoms. The van der Waals surface area contributed by atoms with Gasteiger partial charge in [0.2, 0.25) is 0 Å². The Hall–Kier alpha value is -1.34. The first kappa shape index (κ1) is 24.9. The predicted octanol–water partition coefficient (Wildman–Crippen LogP) is 3.94. The number of halogens is 2. The molecule has 1 atom stereocenters. The average Bonchev–Trinajstić information content (AvgIpc) is 3.14. The van der Waals surface area contributed by atoms with Gasteiger partial charge in [-0.1, -0.05) is 12.1 Å². The smallest absolute Gasteiger partial charge is 0.254 e. The lowest BCUT2D eigenvalue weighted by Gasteiger charge is -2.41. The van der Waals surface area contributed by atoms with Gasteiger partial charge < -0.3 is 19.5 Å². The number of rotatable bonds is 4. The molecule has 0 spiro atoms. The van der Waals surface area contributed by atoms with Crippen molar-refractivity contribution >= 4 is 41.8 Å². The highest BCUT2D eigenvalue weighted by Gasteiger charge is 2.43. The van der Waals surface area contributed by atoms with E-state index in [1.807, 2.05) is 11.0 Å². The Morgan fingerprint density at radius 1 is 1.23 bits per heavy atom. The molecular weight excluding hydrogens is 423 g/mol. The fourth-order valence-electron chi connectivity index (χ4n) is 4.89. The van der Waals surface area contributed by atoms with Gasteiger partial charge in [-0.15, -0.1) is 24.8 Å². The van der Waals surface area contributed by atoms with Crippen molar-refractivity contribution in [3.8, 4) is 0 Å². The monoisotopic (exact) mass is 456 g/mol. The third-order valence-corrected chi connectivity index (χ3v) is 6.40. The van der Waals surface area contributed by atoms with E-state index in [4.69, 9.17) is 9.72 Å². The summed E-state index contributed by atoms with van der Waals surface area (Å²) in [5, 5.41) is 3.34. The molecule has 1 aromatic heterocycles. The first-order valence-electron chi connectivity index (χ1n) is 10.6. The second-order valence-corrected chi connectivity index (χ2v) is 8.46. The van der Waals surface area contributed by atoms with Gasteiger partial charge in [0.1, 0.15) is 11.4 Å². The maximum atomic E-state index is 13.4. The maximum absolute atomic E-state index is 13.4. The summed E-state index contributed by atoms with van der Waals surface area (Å²) < 4.78 is 8.14. The third kappa shape index (κ3) is 4.47. The molecule has 2 aromatic rings. The lowest BCUT2D eigenvalue weighted by molar-refractivity contribution is -0.159. The summed E-state index contributed by atoms with van der Waals surface area (Å²) in [6.07, 6.45) is 3.57. The minimum Gasteiger partial charge on any atom is -0.368 e. The summed E-state index contributed by atoms with van der Waals surface area (Å²) in [4.78, 5) is 20.4. The number of imidazole rings is 1. The number of aromatic nitrogens is 2. The lowest BCUT2D eigenvalue weighted by Crippen LogP contribution is -2.57. The number of hydrogen-bond donors (Lipinski definition) is 1. The Labute approximate surface area is 191 Å². The van der Waals surface area contributed by atoms with Crippen LogP contribution in [-0.4, -0.2) is 59.2 Å². The molecule has 6 nitrogen and oxygen atoms in total. The number of carbonyl (C=O) groups is 1. The summed E-state index contributed by atoms with van der Waals surface area (Å²) >= 11 is 0. The van der Waals surface area contributed by atoms with Crippen molar-refractivity contribution in [1.29, 1.82) is 0 Å². The summed E-state index contributed by atoms with van der Waals surface area (Å²) in [7, 11) is 1.68. The molecule has 2 saturated heterocycles. The van der Waals surface area contributed by atoms with Crippen molar-refractivity contribution in [1.82, 2.24) is 19.8 Å². The van der Waals surface area contributed by atoms with Crippen LogP contribution in [0, 0.1) is 0 Å². The highest BCUT2D eigenvalue weighted by molar-refractivity contribution is 5.86. The summed E-state index contributed by atoms with van der Waals surface area (Å²) in [5.74, 6) is 1.54. The number of ether oxygens (including phenoxy) is 1. The van der Waals surface area contributed by atoms with Crippen LogP contribution in [0.15, 0.2) is 24.3 Å². The minimum absolute atomic E-state index is 0. The molecule has 1 amide bonds. The molecule has 2 fully saturated rings. The average molecular weight is 457 g/mol. The van der Waals surface area contributed by atoms with E-state index in [-0.39, 0.29) is 36.6 Å². The van der Waals surface area contributed by atoms with Crippen LogP contribution < -0.4 is 5.32 Å². The van der Waals surface area contributed by atoms with Crippen molar-refractivity contribution in [2.45, 2.75) is 57.1 Å². The normalized spacial score (nSPS) is 21.2. The highest BCUT2D eigenvalue weighted by Crippen LogP contribution is 2.34. The Morgan fingerprint density at radius 2 is 1.93 bits per heavy atom. The van der Waals surface area contributed by atoms with Gasteiger partial charge in [0.15, 0.2) is 0 Å². The molecule has 168 valence electrons. The second-order valence-electron chi connectivity index (χ2n) is 8.46. The van der Waals surface area contributed by atoms with Crippen LogP contribution in [-0.2, 0) is 9.53 Å². The summed E-state index contributed by atoms with van der Waals surface area (Å²) in [6.45, 7) is 7.62. The van der Waals surface area contributed by atoms with E-state index in [1.54, 1.807) is 7.11 Å². The van der Waals surface area contributed by atoms with E-state index in [2.05, 4.69) is 41.9 Å². The number of piperidine rings is 2. The van der Waals surface area contributed by atoms with E-state index in [9.17, 15) is 4.79 Å². The van der Waals surface area contributed by atoms with Crippen molar-refractivity contribution in [3.05, 3.63) is 30.1 Å². The van der Waals surface area contributed by atoms with Crippen molar-refractivity contribution < 1.29 is 9.53 Å². The SMILES string of the molecule is COC1(C(=O)N2CCCC(c3nc4ccccc4n3C(C)C)C2)CCNCC1.Cl.Cl. The Bertz CT molecular complexity index is 849. The molecule has 4 rings (SSSR count). The van der Waals surface area contributed by atoms with Crippen LogP contribution in [0.5, 0.6) is 0 Å². The van der Waals surface area contributed by atoms with E-state index < -0.39 is 5.60 Å². The number of fused-ring (bicyclic) bond motifs is 1. The number of nitrogens with zero attached hydrogens (tertiary/aromatic N) is 3. The number of amides is 1. The molecule has 0 saturated carbocycles. The van der Waals surface area contributed by atoms with E-state index in [0.29, 0.717) is 6.04 Å². The fourth-order valence-corrected chi connectivity index (χ4v) is 4.89. The van der Waals surface area contributed by atoms with E-state index in [0.717, 1.165) is 63.2 Å². The molecule has 1 unspecified atom stereocenters. The van der Waals surface area contributed by atoms with E-state index >= 15 is 0 Å². The molecule has 1 N–H and O–H groups in total. The first-order chi connectivity index (χ1) is 13.6. The zero-order valence-electron chi connectivity index (χ0n) is 18.1. The second kappa shape index (κ2) is 10.3. The number of para-hydroxylation sites is 2. The number of benzene rings is 1. The topological polar surface area (TPSA) is 59.4 Å². The fraction of sp³-hybridized carbons (Fsp3) is 0.636. The summed E-state index contributed by atoms with van der Waals surface area (Å²) in [5.41, 5.74) is 1.56.